The number of carbonyl (C=O) groups is 2. The third kappa shape index (κ3) is 8.67. The molecule has 2 saturated heterocycles. The van der Waals surface area contributed by atoms with E-state index in [1.807, 2.05) is 18.2 Å². The monoisotopic (exact) mass is 569 g/mol. The molecule has 0 saturated carbocycles. The van der Waals surface area contributed by atoms with Crippen molar-refractivity contribution in [2.75, 3.05) is 37.9 Å². The van der Waals surface area contributed by atoms with Gasteiger partial charge in [-0.3, -0.25) is 14.2 Å². The van der Waals surface area contributed by atoms with Crippen molar-refractivity contribution in [2.24, 2.45) is 0 Å². The predicted octanol–water partition coefficient (Wildman–Crippen LogP) is 3.42. The summed E-state index contributed by atoms with van der Waals surface area (Å²) in [6.45, 7) is 3.38. The van der Waals surface area contributed by atoms with Crippen molar-refractivity contribution in [3.63, 3.8) is 0 Å². The van der Waals surface area contributed by atoms with Crippen molar-refractivity contribution in [2.45, 2.75) is 51.5 Å². The van der Waals surface area contributed by atoms with Gasteiger partial charge in [-0.1, -0.05) is 42.1 Å². The van der Waals surface area contributed by atoms with Gasteiger partial charge in [-0.15, -0.1) is 0 Å². The first-order valence-electron chi connectivity index (χ1n) is 13.4. The number of benzene rings is 1. The highest BCUT2D eigenvalue weighted by Crippen LogP contribution is 2.49. The van der Waals surface area contributed by atoms with Gasteiger partial charge in [0.25, 0.3) is 8.53 Å². The van der Waals surface area contributed by atoms with E-state index in [0.29, 0.717) is 24.3 Å². The Morgan fingerprint density at radius 1 is 1.34 bits per heavy atom. The van der Waals surface area contributed by atoms with E-state index in [-0.39, 0.29) is 23.7 Å². The number of anilines is 1. The van der Waals surface area contributed by atoms with E-state index in [9.17, 15) is 14.4 Å². The van der Waals surface area contributed by atoms with Crippen LogP contribution in [0.25, 0.3) is 0 Å². The summed E-state index contributed by atoms with van der Waals surface area (Å²) in [6, 6.07) is 10.7. The van der Waals surface area contributed by atoms with Crippen LogP contribution in [0.4, 0.5) is 5.82 Å². The number of ether oxygens (including phenoxy) is 1. The second-order valence-electron chi connectivity index (χ2n) is 8.43. The highest BCUT2D eigenvalue weighted by molar-refractivity contribution is 8.14. The van der Waals surface area contributed by atoms with E-state index >= 15 is 0 Å². The molecule has 38 heavy (non-hydrogen) atoms. The van der Waals surface area contributed by atoms with Crippen molar-refractivity contribution in [3.8, 4) is 0 Å². The molecule has 2 fully saturated rings. The summed E-state index contributed by atoms with van der Waals surface area (Å²) >= 11 is 1.21. The Hall–Kier alpha value is -2.18. The van der Waals surface area contributed by atoms with Gasteiger partial charge in [0.05, 0.1) is 18.8 Å². The molecule has 4 atom stereocenters. The molecule has 1 aromatic heterocycles. The summed E-state index contributed by atoms with van der Waals surface area (Å²) in [5.74, 6) is 0.352. The van der Waals surface area contributed by atoms with Gasteiger partial charge < -0.3 is 24.2 Å². The number of hydrogen-bond donors (Lipinski definition) is 2. The maximum atomic E-state index is 12.5. The fourth-order valence-corrected chi connectivity index (χ4v) is 6.38. The lowest BCUT2D eigenvalue weighted by Crippen LogP contribution is -2.27. The second-order valence-corrected chi connectivity index (χ2v) is 11.0. The third-order valence-electron chi connectivity index (χ3n) is 5.69. The van der Waals surface area contributed by atoms with Crippen molar-refractivity contribution >= 4 is 37.1 Å². The van der Waals surface area contributed by atoms with E-state index < -0.39 is 32.7 Å². The Kier molecular flexibility index (Phi) is 11.1. The van der Waals surface area contributed by atoms with Crippen LogP contribution >= 0.6 is 20.3 Å². The lowest BCUT2D eigenvalue weighted by Gasteiger charge is -2.28. The summed E-state index contributed by atoms with van der Waals surface area (Å²) < 4.78 is 35.7. The first-order valence-corrected chi connectivity index (χ1v) is 14.4. The van der Waals surface area contributed by atoms with Crippen LogP contribution in [0.2, 0.25) is 0 Å². The quantitative estimate of drug-likeness (QED) is 0.324. The Bertz CT molecular complexity index is 1140. The lowest BCUT2D eigenvalue weighted by molar-refractivity contribution is -0.114. The van der Waals surface area contributed by atoms with Gasteiger partial charge in [0.1, 0.15) is 12.0 Å². The molecule has 13 heteroatoms. The highest BCUT2D eigenvalue weighted by atomic mass is 32.2. The molecule has 4 rings (SSSR count). The topological polar surface area (TPSA) is 132 Å². The Balaban J connectivity index is 0.00000141. The molecule has 0 aliphatic carbocycles. The number of aliphatic hydroxyl groups is 1. The van der Waals surface area contributed by atoms with Crippen LogP contribution in [0.15, 0.2) is 47.4 Å². The number of rotatable bonds is 10. The summed E-state index contributed by atoms with van der Waals surface area (Å²) in [6.07, 6.45) is 2.39. The van der Waals surface area contributed by atoms with Crippen molar-refractivity contribution < 1.29 is 29.9 Å². The van der Waals surface area contributed by atoms with Gasteiger partial charge in [0.15, 0.2) is 0 Å². The Morgan fingerprint density at radius 3 is 2.74 bits per heavy atom. The van der Waals surface area contributed by atoms with Gasteiger partial charge in [0.2, 0.25) is 12.5 Å². The number of carbonyl (C=O) groups excluding carboxylic acids is 2. The van der Waals surface area contributed by atoms with E-state index in [2.05, 4.69) is 20.1 Å². The molecule has 3 heterocycles. The van der Waals surface area contributed by atoms with Crippen molar-refractivity contribution in [1.82, 2.24) is 14.2 Å². The zero-order chi connectivity index (χ0) is 28.9. The number of aromatic nitrogens is 2. The predicted molar refractivity (Wildman–Crippen MR) is 147 cm³/mol. The highest BCUT2D eigenvalue weighted by Gasteiger charge is 2.38. The average Bonchev–Trinajstić information content (AvgIpc) is 3.61. The maximum Gasteiger partial charge on any atom is 0.351 e. The molecular formula is C25H35N4O7PS. The molecular weight excluding hydrogens is 531 g/mol. The van der Waals surface area contributed by atoms with E-state index in [1.165, 1.54) is 42.6 Å². The Morgan fingerprint density at radius 2 is 2.08 bits per heavy atom. The number of hydrogen-bond acceptors (Lipinski definition) is 10. The zero-order valence-corrected chi connectivity index (χ0v) is 23.2. The van der Waals surface area contributed by atoms with Crippen LogP contribution in [0.5, 0.6) is 0 Å². The third-order valence-corrected chi connectivity index (χ3v) is 8.28. The lowest BCUT2D eigenvalue weighted by atomic mass is 10.2. The standard InChI is InChI=1S/C24H31N4O6PS.CH4O/c1-17-20(16-22(33-17)28-13-10-21(25-18(2)29)26-24(28)31)34-35(27-11-6-7-12-27)32-14-15-36-23(30)19-8-4-3-5-9-19;1-2/h3-5,8-10,13,17,20,22H,6-7,11-12,14-16H2,1-2H3,(H,25,26,29,31);2H,1H3/t17-,20?,22-,35?;/m1./s1/i1D;2T. The van der Waals surface area contributed by atoms with Gasteiger partial charge >= 0.3 is 5.69 Å². The average molecular weight is 570 g/mol. The minimum Gasteiger partial charge on any atom is -0.400 e. The summed E-state index contributed by atoms with van der Waals surface area (Å²) in [5.41, 5.74) is 0.103. The molecule has 208 valence electrons. The molecule has 2 aromatic rings. The van der Waals surface area contributed by atoms with Gasteiger partial charge in [-0.2, -0.15) is 4.98 Å². The smallest absolute Gasteiger partial charge is 0.351 e. The molecule has 1 aromatic carbocycles. The van der Waals surface area contributed by atoms with Crippen LogP contribution in [-0.2, 0) is 18.6 Å². The van der Waals surface area contributed by atoms with Gasteiger partial charge in [-0.25, -0.2) is 9.46 Å². The van der Waals surface area contributed by atoms with Gasteiger partial charge in [0, 0.05) is 52.4 Å². The maximum absolute atomic E-state index is 12.5. The first-order chi connectivity index (χ1) is 19.4. The van der Waals surface area contributed by atoms with Crippen LogP contribution in [-0.4, -0.2) is 76.6 Å². The number of aliphatic hydroxyl groups excluding tert-OH is 1. The summed E-state index contributed by atoms with van der Waals surface area (Å²) in [4.78, 5) is 40.0. The molecule has 0 bridgehead atoms. The minimum absolute atomic E-state index is 0.000460. The van der Waals surface area contributed by atoms with Crippen LogP contribution in [0, 0.1) is 0 Å². The Labute approximate surface area is 230 Å². The number of thioether (sulfide) groups is 1. The molecule has 2 aliphatic heterocycles. The molecule has 1 amide bonds. The first kappa shape index (κ1) is 27.4. The van der Waals surface area contributed by atoms with Crippen LogP contribution in [0.1, 0.15) is 51.0 Å². The number of nitrogens with zero attached hydrogens (tertiary/aromatic N) is 3. The summed E-state index contributed by atoms with van der Waals surface area (Å²) in [5, 5.41) is 5.99. The molecule has 2 unspecified atom stereocenters. The minimum atomic E-state index is -1.41. The fraction of sp³-hybridized carbons (Fsp3) is 0.520. The number of nitrogens with one attached hydrogen (secondary N) is 1. The molecule has 0 spiro atoms. The molecule has 11 nitrogen and oxygen atoms in total. The molecule has 2 aliphatic rings. The molecule has 0 radical (unpaired) electrons. The zero-order valence-electron chi connectivity index (χ0n) is 23.5. The van der Waals surface area contributed by atoms with Crippen molar-refractivity contribution in [3.05, 3.63) is 58.6 Å². The summed E-state index contributed by atoms with van der Waals surface area (Å²) in [7, 11) is -0.115. The molecule has 2 N–H and O–H groups in total. The van der Waals surface area contributed by atoms with E-state index in [4.69, 9.17) is 16.6 Å². The second kappa shape index (κ2) is 15.4. The normalized spacial score (nSPS) is 22.6. The van der Waals surface area contributed by atoms with Crippen molar-refractivity contribution in [1.29, 1.82) is 1.43 Å². The fourth-order valence-electron chi connectivity index (χ4n) is 3.93. The van der Waals surface area contributed by atoms with Crippen LogP contribution < -0.4 is 11.0 Å². The van der Waals surface area contributed by atoms with E-state index in [1.54, 1.807) is 12.1 Å². The van der Waals surface area contributed by atoms with Crippen LogP contribution in [0.3, 0.4) is 0 Å². The van der Waals surface area contributed by atoms with E-state index in [0.717, 1.165) is 25.9 Å². The largest absolute Gasteiger partial charge is 0.400 e. The van der Waals surface area contributed by atoms with Gasteiger partial charge in [-0.05, 0) is 25.8 Å². The SMILES string of the molecule is [2H]C[C@H]1O[C@@H](n2ccc(NC(C)=O)nc2=O)CC1OP(OCCSC(=O)c1ccccc1)N1CCCC1.[3H]OC. The number of amides is 1.